The number of benzene rings is 3. The van der Waals surface area contributed by atoms with Crippen molar-refractivity contribution >= 4 is 11.9 Å². The van der Waals surface area contributed by atoms with Gasteiger partial charge in [0.1, 0.15) is 0 Å². The second kappa shape index (κ2) is 8.81. The highest BCUT2D eigenvalue weighted by Gasteiger charge is 2.23. The summed E-state index contributed by atoms with van der Waals surface area (Å²) in [6.45, 7) is 1.57. The molecule has 0 unspecified atom stereocenters. The van der Waals surface area contributed by atoms with Crippen molar-refractivity contribution < 1.29 is 14.3 Å². The third kappa shape index (κ3) is 4.82. The number of carbonyl (C=O) groups excluding carboxylic acids is 2. The molecule has 0 aliphatic heterocycles. The van der Waals surface area contributed by atoms with Crippen molar-refractivity contribution in [2.75, 3.05) is 0 Å². The van der Waals surface area contributed by atoms with Crippen LogP contribution >= 0.6 is 0 Å². The minimum atomic E-state index is -0.910. The van der Waals surface area contributed by atoms with E-state index >= 15 is 0 Å². The molecule has 0 aromatic heterocycles. The molecule has 3 rings (SSSR count). The second-order valence-electron chi connectivity index (χ2n) is 6.18. The zero-order valence-corrected chi connectivity index (χ0v) is 15.0. The molecule has 0 saturated heterocycles. The molecule has 0 spiro atoms. The Morgan fingerprint density at radius 2 is 1.19 bits per heavy atom. The van der Waals surface area contributed by atoms with Gasteiger partial charge in [-0.2, -0.15) is 0 Å². The molecule has 136 valence electrons. The summed E-state index contributed by atoms with van der Waals surface area (Å²) >= 11 is 0. The lowest BCUT2D eigenvalue weighted by molar-refractivity contribution is -0.129. The van der Waals surface area contributed by atoms with Crippen LogP contribution in [-0.2, 0) is 9.53 Å². The summed E-state index contributed by atoms with van der Waals surface area (Å²) in [6, 6.07) is 27.7. The molecule has 0 saturated carbocycles. The van der Waals surface area contributed by atoms with Gasteiger partial charge in [0.25, 0.3) is 5.91 Å². The molecule has 4 nitrogen and oxygen atoms in total. The van der Waals surface area contributed by atoms with E-state index in [1.807, 2.05) is 66.7 Å². The molecular weight excluding hydrogens is 338 g/mol. The molecule has 0 aliphatic carbocycles. The number of hydrogen-bond acceptors (Lipinski definition) is 3. The number of ether oxygens (including phenoxy) is 1. The molecule has 0 heterocycles. The summed E-state index contributed by atoms with van der Waals surface area (Å²) in [4.78, 5) is 24.9. The van der Waals surface area contributed by atoms with Gasteiger partial charge in [-0.05, 0) is 30.2 Å². The lowest BCUT2D eigenvalue weighted by Crippen LogP contribution is -2.38. The maximum absolute atomic E-state index is 12.7. The van der Waals surface area contributed by atoms with Crippen molar-refractivity contribution in [3.63, 3.8) is 0 Å². The van der Waals surface area contributed by atoms with Crippen LogP contribution in [0, 0.1) is 0 Å². The van der Waals surface area contributed by atoms with E-state index in [1.54, 1.807) is 31.2 Å². The van der Waals surface area contributed by atoms with Gasteiger partial charge in [0.15, 0.2) is 6.10 Å². The van der Waals surface area contributed by atoms with Crippen molar-refractivity contribution in [1.82, 2.24) is 5.32 Å². The zero-order valence-electron chi connectivity index (χ0n) is 15.0. The number of amides is 1. The van der Waals surface area contributed by atoms with E-state index in [-0.39, 0.29) is 11.9 Å². The van der Waals surface area contributed by atoms with E-state index in [9.17, 15) is 9.59 Å². The standard InChI is InChI=1S/C23H21NO3/c1-17(27-23(26)20-15-9-4-10-16-20)22(25)24-21(18-11-5-2-6-12-18)19-13-7-3-8-14-19/h2-17,21H,1H3,(H,24,25)/t17-/m1/s1. The van der Waals surface area contributed by atoms with Gasteiger partial charge in [-0.1, -0.05) is 78.9 Å². The number of esters is 1. The highest BCUT2D eigenvalue weighted by Crippen LogP contribution is 2.22. The van der Waals surface area contributed by atoms with Crippen molar-refractivity contribution in [2.24, 2.45) is 0 Å². The molecule has 27 heavy (non-hydrogen) atoms. The van der Waals surface area contributed by atoms with Crippen LogP contribution in [0.1, 0.15) is 34.5 Å². The van der Waals surface area contributed by atoms with E-state index in [1.165, 1.54) is 0 Å². The zero-order chi connectivity index (χ0) is 19.1. The fraction of sp³-hybridized carbons (Fsp3) is 0.130. The summed E-state index contributed by atoms with van der Waals surface area (Å²) < 4.78 is 5.32. The van der Waals surface area contributed by atoms with Crippen LogP contribution in [0.25, 0.3) is 0 Å². The molecule has 1 amide bonds. The average Bonchev–Trinajstić information content (AvgIpc) is 2.73. The quantitative estimate of drug-likeness (QED) is 0.673. The molecule has 3 aromatic carbocycles. The van der Waals surface area contributed by atoms with E-state index in [0.717, 1.165) is 11.1 Å². The van der Waals surface area contributed by atoms with Gasteiger partial charge < -0.3 is 10.1 Å². The van der Waals surface area contributed by atoms with Gasteiger partial charge in [-0.25, -0.2) is 4.79 Å². The monoisotopic (exact) mass is 359 g/mol. The summed E-state index contributed by atoms with van der Waals surface area (Å²) in [5.74, 6) is -0.869. The number of carbonyl (C=O) groups is 2. The summed E-state index contributed by atoms with van der Waals surface area (Å²) in [5, 5.41) is 2.99. The van der Waals surface area contributed by atoms with Gasteiger partial charge >= 0.3 is 5.97 Å². The van der Waals surface area contributed by atoms with Crippen LogP contribution in [0.4, 0.5) is 0 Å². The number of rotatable bonds is 6. The summed E-state index contributed by atoms with van der Waals surface area (Å²) in [6.07, 6.45) is -0.910. The minimum Gasteiger partial charge on any atom is -0.449 e. The average molecular weight is 359 g/mol. The molecule has 0 bridgehead atoms. The Hall–Kier alpha value is -3.40. The largest absolute Gasteiger partial charge is 0.449 e. The molecule has 3 aromatic rings. The van der Waals surface area contributed by atoms with E-state index in [4.69, 9.17) is 4.74 Å². The Morgan fingerprint density at radius 1 is 0.741 bits per heavy atom. The Kier molecular flexibility index (Phi) is 6.00. The number of hydrogen-bond donors (Lipinski definition) is 1. The van der Waals surface area contributed by atoms with E-state index < -0.39 is 12.1 Å². The van der Waals surface area contributed by atoms with E-state index in [2.05, 4.69) is 5.32 Å². The maximum Gasteiger partial charge on any atom is 0.338 e. The van der Waals surface area contributed by atoms with Crippen molar-refractivity contribution in [3.8, 4) is 0 Å². The normalized spacial score (nSPS) is 11.6. The van der Waals surface area contributed by atoms with E-state index in [0.29, 0.717) is 5.56 Å². The first-order valence-electron chi connectivity index (χ1n) is 8.81. The lowest BCUT2D eigenvalue weighted by atomic mass is 9.98. The first kappa shape index (κ1) is 18.4. The predicted octanol–water partition coefficient (Wildman–Crippen LogP) is 4.14. The third-order valence-corrected chi connectivity index (χ3v) is 4.21. The minimum absolute atomic E-state index is 0.322. The van der Waals surface area contributed by atoms with Crippen molar-refractivity contribution in [3.05, 3.63) is 108 Å². The topological polar surface area (TPSA) is 55.4 Å². The van der Waals surface area contributed by atoms with Gasteiger partial charge in [-0.3, -0.25) is 4.79 Å². The van der Waals surface area contributed by atoms with Crippen LogP contribution in [0.3, 0.4) is 0 Å². The second-order valence-corrected chi connectivity index (χ2v) is 6.18. The first-order chi connectivity index (χ1) is 13.1. The Morgan fingerprint density at radius 3 is 1.67 bits per heavy atom. The molecule has 0 fully saturated rings. The predicted molar refractivity (Wildman–Crippen MR) is 104 cm³/mol. The van der Waals surface area contributed by atoms with Crippen LogP contribution in [0.15, 0.2) is 91.0 Å². The number of nitrogens with one attached hydrogen (secondary N) is 1. The van der Waals surface area contributed by atoms with Gasteiger partial charge in [0.2, 0.25) is 0 Å². The molecular formula is C23H21NO3. The Labute approximate surface area is 158 Å². The molecule has 0 aliphatic rings. The first-order valence-corrected chi connectivity index (χ1v) is 8.81. The smallest absolute Gasteiger partial charge is 0.338 e. The van der Waals surface area contributed by atoms with Gasteiger partial charge in [-0.15, -0.1) is 0 Å². The van der Waals surface area contributed by atoms with Gasteiger partial charge in [0.05, 0.1) is 11.6 Å². The van der Waals surface area contributed by atoms with Crippen LogP contribution in [-0.4, -0.2) is 18.0 Å². The van der Waals surface area contributed by atoms with Crippen LogP contribution < -0.4 is 5.32 Å². The van der Waals surface area contributed by atoms with Crippen molar-refractivity contribution in [2.45, 2.75) is 19.1 Å². The molecule has 0 radical (unpaired) electrons. The Balaban J connectivity index is 1.73. The molecule has 1 N–H and O–H groups in total. The maximum atomic E-state index is 12.7. The summed E-state index contributed by atoms with van der Waals surface area (Å²) in [7, 11) is 0. The van der Waals surface area contributed by atoms with Crippen LogP contribution in [0.5, 0.6) is 0 Å². The molecule has 4 heteroatoms. The lowest BCUT2D eigenvalue weighted by Gasteiger charge is -2.22. The van der Waals surface area contributed by atoms with Gasteiger partial charge in [0, 0.05) is 0 Å². The SMILES string of the molecule is C[C@@H](OC(=O)c1ccccc1)C(=O)NC(c1ccccc1)c1ccccc1. The fourth-order valence-corrected chi connectivity index (χ4v) is 2.77. The summed E-state index contributed by atoms with van der Waals surface area (Å²) in [5.41, 5.74) is 2.33. The Bertz CT molecular complexity index is 840. The van der Waals surface area contributed by atoms with Crippen LogP contribution in [0.2, 0.25) is 0 Å². The highest BCUT2D eigenvalue weighted by atomic mass is 16.5. The third-order valence-electron chi connectivity index (χ3n) is 4.21. The fourth-order valence-electron chi connectivity index (χ4n) is 2.77. The molecule has 1 atom stereocenters. The van der Waals surface area contributed by atoms with Crippen molar-refractivity contribution in [1.29, 1.82) is 0 Å². The highest BCUT2D eigenvalue weighted by molar-refractivity contribution is 5.92.